The molecule has 0 bridgehead atoms. The third-order valence-corrected chi connectivity index (χ3v) is 3.47. The van der Waals surface area contributed by atoms with E-state index in [-0.39, 0.29) is 5.82 Å². The molecule has 0 unspecified atom stereocenters. The van der Waals surface area contributed by atoms with Crippen molar-refractivity contribution >= 4 is 22.7 Å². The lowest BCUT2D eigenvalue weighted by atomic mass is 10.2. The SMILES string of the molecule is O=C(O)[C@@H]1CCCN1c1ccc2ccc(F)cc2n1. The zero-order chi connectivity index (χ0) is 13.4. The van der Waals surface area contributed by atoms with E-state index in [1.54, 1.807) is 17.0 Å². The average molecular weight is 260 g/mol. The van der Waals surface area contributed by atoms with Gasteiger partial charge in [0.2, 0.25) is 0 Å². The highest BCUT2D eigenvalue weighted by atomic mass is 19.1. The Balaban J connectivity index is 2.03. The topological polar surface area (TPSA) is 53.4 Å². The quantitative estimate of drug-likeness (QED) is 0.901. The van der Waals surface area contributed by atoms with E-state index in [0.29, 0.717) is 24.3 Å². The summed E-state index contributed by atoms with van der Waals surface area (Å²) in [7, 11) is 0. The summed E-state index contributed by atoms with van der Waals surface area (Å²) < 4.78 is 13.2. The minimum atomic E-state index is -0.835. The van der Waals surface area contributed by atoms with E-state index in [4.69, 9.17) is 0 Å². The largest absolute Gasteiger partial charge is 0.480 e. The number of carboxylic acid groups (broad SMARTS) is 1. The van der Waals surface area contributed by atoms with Gasteiger partial charge in [0.05, 0.1) is 5.52 Å². The van der Waals surface area contributed by atoms with Crippen LogP contribution in [0.3, 0.4) is 0 Å². The molecule has 1 N–H and O–H groups in total. The van der Waals surface area contributed by atoms with Crippen LogP contribution in [0.4, 0.5) is 10.2 Å². The Morgan fingerprint density at radius 1 is 1.37 bits per heavy atom. The molecule has 2 heterocycles. The van der Waals surface area contributed by atoms with Crippen LogP contribution in [0.15, 0.2) is 30.3 Å². The van der Waals surface area contributed by atoms with E-state index in [1.165, 1.54) is 12.1 Å². The Kier molecular flexibility index (Phi) is 2.81. The smallest absolute Gasteiger partial charge is 0.326 e. The molecular formula is C14H13FN2O2. The van der Waals surface area contributed by atoms with E-state index in [2.05, 4.69) is 4.98 Å². The van der Waals surface area contributed by atoms with Gasteiger partial charge < -0.3 is 10.0 Å². The first-order chi connectivity index (χ1) is 9.15. The van der Waals surface area contributed by atoms with Crippen LogP contribution in [-0.4, -0.2) is 28.6 Å². The molecule has 2 aromatic rings. The van der Waals surface area contributed by atoms with Crippen molar-refractivity contribution in [2.24, 2.45) is 0 Å². The fourth-order valence-electron chi connectivity index (χ4n) is 2.54. The number of benzene rings is 1. The van der Waals surface area contributed by atoms with Crippen molar-refractivity contribution in [3.05, 3.63) is 36.1 Å². The Hall–Kier alpha value is -2.17. The molecule has 1 aliphatic rings. The van der Waals surface area contributed by atoms with Crippen LogP contribution >= 0.6 is 0 Å². The van der Waals surface area contributed by atoms with Gasteiger partial charge in [-0.2, -0.15) is 0 Å². The summed E-state index contributed by atoms with van der Waals surface area (Å²) in [5, 5.41) is 10.0. The second kappa shape index (κ2) is 4.50. The number of nitrogens with zero attached hydrogens (tertiary/aromatic N) is 2. The molecule has 0 amide bonds. The molecule has 4 nitrogen and oxygen atoms in total. The van der Waals surface area contributed by atoms with Crippen molar-refractivity contribution in [3.63, 3.8) is 0 Å². The van der Waals surface area contributed by atoms with E-state index >= 15 is 0 Å². The standard InChI is InChI=1S/C14H13FN2O2/c15-10-5-3-9-4-6-13(16-11(9)8-10)17-7-1-2-12(17)14(18)19/h3-6,8,12H,1-2,7H2,(H,18,19)/t12-/m0/s1. The molecule has 3 rings (SSSR count). The van der Waals surface area contributed by atoms with Gasteiger partial charge in [0, 0.05) is 18.0 Å². The van der Waals surface area contributed by atoms with E-state index in [9.17, 15) is 14.3 Å². The summed E-state index contributed by atoms with van der Waals surface area (Å²) in [6.07, 6.45) is 1.46. The van der Waals surface area contributed by atoms with Gasteiger partial charge in [-0.25, -0.2) is 14.2 Å². The van der Waals surface area contributed by atoms with Gasteiger partial charge in [-0.1, -0.05) is 0 Å². The van der Waals surface area contributed by atoms with Gasteiger partial charge in [0.1, 0.15) is 17.7 Å². The molecule has 1 aliphatic heterocycles. The lowest BCUT2D eigenvalue weighted by molar-refractivity contribution is -0.138. The molecule has 1 aromatic heterocycles. The van der Waals surface area contributed by atoms with E-state index < -0.39 is 12.0 Å². The first kappa shape index (κ1) is 11.9. The molecule has 1 saturated heterocycles. The highest BCUT2D eigenvalue weighted by Crippen LogP contribution is 2.26. The fraction of sp³-hybridized carbons (Fsp3) is 0.286. The normalized spacial score (nSPS) is 19.0. The van der Waals surface area contributed by atoms with Crippen LogP contribution in [0.1, 0.15) is 12.8 Å². The summed E-state index contributed by atoms with van der Waals surface area (Å²) in [6, 6.07) is 7.53. The van der Waals surface area contributed by atoms with Crippen molar-refractivity contribution in [2.45, 2.75) is 18.9 Å². The summed E-state index contributed by atoms with van der Waals surface area (Å²) in [5.41, 5.74) is 0.550. The summed E-state index contributed by atoms with van der Waals surface area (Å²) in [6.45, 7) is 0.671. The van der Waals surface area contributed by atoms with Gasteiger partial charge in [-0.15, -0.1) is 0 Å². The predicted octanol–water partition coefficient (Wildman–Crippen LogP) is 2.43. The number of aromatic nitrogens is 1. The molecule has 0 saturated carbocycles. The third-order valence-electron chi connectivity index (χ3n) is 3.47. The lowest BCUT2D eigenvalue weighted by Crippen LogP contribution is -2.36. The van der Waals surface area contributed by atoms with Gasteiger partial charge in [0.15, 0.2) is 0 Å². The zero-order valence-electron chi connectivity index (χ0n) is 10.2. The molecule has 98 valence electrons. The number of aliphatic carboxylic acids is 1. The Morgan fingerprint density at radius 3 is 2.95 bits per heavy atom. The number of fused-ring (bicyclic) bond motifs is 1. The number of hydrogen-bond acceptors (Lipinski definition) is 3. The maximum atomic E-state index is 13.2. The minimum absolute atomic E-state index is 0.339. The van der Waals surface area contributed by atoms with Crippen LogP contribution in [0, 0.1) is 5.82 Å². The molecule has 0 radical (unpaired) electrons. The second-order valence-electron chi connectivity index (χ2n) is 4.70. The number of carbonyl (C=O) groups is 1. The number of pyridine rings is 1. The molecule has 1 aromatic carbocycles. The number of anilines is 1. The molecule has 1 atom stereocenters. The Bertz CT molecular complexity index is 644. The molecular weight excluding hydrogens is 247 g/mol. The predicted molar refractivity (Wildman–Crippen MR) is 69.7 cm³/mol. The third kappa shape index (κ3) is 2.12. The van der Waals surface area contributed by atoms with Gasteiger partial charge in [-0.05, 0) is 37.1 Å². The number of halogens is 1. The van der Waals surface area contributed by atoms with E-state index in [1.807, 2.05) is 6.07 Å². The molecule has 5 heteroatoms. The van der Waals surface area contributed by atoms with Crippen molar-refractivity contribution < 1.29 is 14.3 Å². The van der Waals surface area contributed by atoms with Crippen molar-refractivity contribution in [3.8, 4) is 0 Å². The van der Waals surface area contributed by atoms with Crippen LogP contribution < -0.4 is 4.90 Å². The van der Waals surface area contributed by atoms with Crippen molar-refractivity contribution in [1.29, 1.82) is 0 Å². The van der Waals surface area contributed by atoms with Crippen molar-refractivity contribution in [2.75, 3.05) is 11.4 Å². The van der Waals surface area contributed by atoms with Crippen LogP contribution in [0.25, 0.3) is 10.9 Å². The van der Waals surface area contributed by atoms with Crippen LogP contribution in [-0.2, 0) is 4.79 Å². The molecule has 0 aliphatic carbocycles. The zero-order valence-corrected chi connectivity index (χ0v) is 10.2. The van der Waals surface area contributed by atoms with Gasteiger partial charge >= 0.3 is 5.97 Å². The van der Waals surface area contributed by atoms with Gasteiger partial charge in [0.25, 0.3) is 0 Å². The summed E-state index contributed by atoms with van der Waals surface area (Å²) in [4.78, 5) is 17.3. The highest BCUT2D eigenvalue weighted by molar-refractivity contribution is 5.82. The van der Waals surface area contributed by atoms with Crippen LogP contribution in [0.5, 0.6) is 0 Å². The lowest BCUT2D eigenvalue weighted by Gasteiger charge is -2.22. The summed E-state index contributed by atoms with van der Waals surface area (Å²) in [5.74, 6) is -0.574. The maximum Gasteiger partial charge on any atom is 0.326 e. The monoisotopic (exact) mass is 260 g/mol. The molecule has 19 heavy (non-hydrogen) atoms. The maximum absolute atomic E-state index is 13.2. The second-order valence-corrected chi connectivity index (χ2v) is 4.70. The average Bonchev–Trinajstić information content (AvgIpc) is 2.87. The number of rotatable bonds is 2. The molecule has 0 spiro atoms. The first-order valence-electron chi connectivity index (χ1n) is 6.21. The number of carboxylic acids is 1. The number of hydrogen-bond donors (Lipinski definition) is 1. The Morgan fingerprint density at radius 2 is 2.16 bits per heavy atom. The van der Waals surface area contributed by atoms with Gasteiger partial charge in [-0.3, -0.25) is 0 Å². The fourth-order valence-corrected chi connectivity index (χ4v) is 2.54. The van der Waals surface area contributed by atoms with Crippen LogP contribution in [0.2, 0.25) is 0 Å². The van der Waals surface area contributed by atoms with E-state index in [0.717, 1.165) is 11.8 Å². The highest BCUT2D eigenvalue weighted by Gasteiger charge is 2.31. The minimum Gasteiger partial charge on any atom is -0.480 e. The van der Waals surface area contributed by atoms with Crippen molar-refractivity contribution in [1.82, 2.24) is 4.98 Å². The molecule has 1 fully saturated rings. The summed E-state index contributed by atoms with van der Waals surface area (Å²) >= 11 is 0. The Labute approximate surface area is 109 Å². The first-order valence-corrected chi connectivity index (χ1v) is 6.21.